The van der Waals surface area contributed by atoms with Crippen molar-refractivity contribution in [3.63, 3.8) is 0 Å². The number of alkyl halides is 3. The molecule has 0 aliphatic heterocycles. The van der Waals surface area contributed by atoms with E-state index in [9.17, 15) is 18.0 Å². The number of hydrogen-bond donors (Lipinski definition) is 2. The second kappa shape index (κ2) is 7.51. The van der Waals surface area contributed by atoms with Gasteiger partial charge in [-0.15, -0.1) is 0 Å². The summed E-state index contributed by atoms with van der Waals surface area (Å²) in [7, 11) is 1.42. The van der Waals surface area contributed by atoms with Gasteiger partial charge in [-0.3, -0.25) is 9.79 Å². The zero-order valence-corrected chi connectivity index (χ0v) is 14.6. The maximum Gasteiger partial charge on any atom is 0.417 e. The van der Waals surface area contributed by atoms with Gasteiger partial charge in [0, 0.05) is 12.6 Å². The Hall–Kier alpha value is -3.69. The Kier molecular flexibility index (Phi) is 5.12. The SMILES string of the molecule is CN=C(C=CN)C(=O)Nc1cnc2ccc(-c3ccccc3C(F)(F)F)nn12. The van der Waals surface area contributed by atoms with E-state index < -0.39 is 17.6 Å². The highest BCUT2D eigenvalue weighted by atomic mass is 19.4. The number of amides is 1. The van der Waals surface area contributed by atoms with Crippen molar-refractivity contribution >= 4 is 23.1 Å². The molecule has 144 valence electrons. The zero-order chi connectivity index (χ0) is 20.3. The molecule has 28 heavy (non-hydrogen) atoms. The summed E-state index contributed by atoms with van der Waals surface area (Å²) in [5, 5.41) is 6.78. The van der Waals surface area contributed by atoms with Crippen LogP contribution >= 0.6 is 0 Å². The maximum atomic E-state index is 13.3. The van der Waals surface area contributed by atoms with Crippen molar-refractivity contribution in [2.75, 3.05) is 12.4 Å². The molecule has 0 atom stereocenters. The lowest BCUT2D eigenvalue weighted by Crippen LogP contribution is -2.22. The van der Waals surface area contributed by atoms with Crippen molar-refractivity contribution < 1.29 is 18.0 Å². The van der Waals surface area contributed by atoms with E-state index in [1.807, 2.05) is 0 Å². The molecule has 7 nitrogen and oxygen atoms in total. The molecular weight excluding hydrogens is 373 g/mol. The molecule has 0 aliphatic carbocycles. The summed E-state index contributed by atoms with van der Waals surface area (Å²) in [6, 6.07) is 8.08. The largest absolute Gasteiger partial charge is 0.417 e. The number of nitrogens with two attached hydrogens (primary N) is 1. The maximum absolute atomic E-state index is 13.3. The summed E-state index contributed by atoms with van der Waals surface area (Å²) in [5.74, 6) is -0.383. The molecule has 0 saturated heterocycles. The number of rotatable bonds is 4. The highest BCUT2D eigenvalue weighted by Crippen LogP contribution is 2.36. The summed E-state index contributed by atoms with van der Waals surface area (Å²) in [4.78, 5) is 20.1. The molecule has 0 saturated carbocycles. The normalized spacial score (nSPS) is 12.6. The fourth-order valence-corrected chi connectivity index (χ4v) is 2.58. The summed E-state index contributed by atoms with van der Waals surface area (Å²) in [6.45, 7) is 0. The quantitative estimate of drug-likeness (QED) is 0.672. The Morgan fingerprint density at radius 2 is 2.00 bits per heavy atom. The van der Waals surface area contributed by atoms with Crippen LogP contribution in [-0.2, 0) is 11.0 Å². The minimum atomic E-state index is -4.53. The highest BCUT2D eigenvalue weighted by Gasteiger charge is 2.33. The molecule has 2 heterocycles. The Morgan fingerprint density at radius 3 is 2.68 bits per heavy atom. The van der Waals surface area contributed by atoms with Gasteiger partial charge in [-0.05, 0) is 30.5 Å². The van der Waals surface area contributed by atoms with Crippen LogP contribution in [0.2, 0.25) is 0 Å². The average Bonchev–Trinajstić information content (AvgIpc) is 3.07. The van der Waals surface area contributed by atoms with Crippen LogP contribution in [0.15, 0.2) is 59.9 Å². The number of carbonyl (C=O) groups excluding carboxylic acids is 1. The summed E-state index contributed by atoms with van der Waals surface area (Å²) in [6.07, 6.45) is -0.697. The number of benzene rings is 1. The van der Waals surface area contributed by atoms with E-state index in [0.29, 0.717) is 5.65 Å². The number of carbonyl (C=O) groups is 1. The lowest BCUT2D eigenvalue weighted by Gasteiger charge is -2.12. The van der Waals surface area contributed by atoms with E-state index in [1.54, 1.807) is 0 Å². The molecule has 0 radical (unpaired) electrons. The molecule has 0 spiro atoms. The van der Waals surface area contributed by atoms with Crippen molar-refractivity contribution in [2.45, 2.75) is 6.18 Å². The summed E-state index contributed by atoms with van der Waals surface area (Å²) >= 11 is 0. The molecule has 3 aromatic rings. The third kappa shape index (κ3) is 3.70. The predicted molar refractivity (Wildman–Crippen MR) is 98.7 cm³/mol. The first-order valence-corrected chi connectivity index (χ1v) is 8.03. The Bertz CT molecular complexity index is 1080. The van der Waals surface area contributed by atoms with Gasteiger partial charge in [-0.1, -0.05) is 18.2 Å². The molecule has 0 fully saturated rings. The molecule has 0 bridgehead atoms. The minimum Gasteiger partial charge on any atom is -0.405 e. The number of nitrogens with zero attached hydrogens (tertiary/aromatic N) is 4. The first-order valence-electron chi connectivity index (χ1n) is 8.03. The first kappa shape index (κ1) is 19.1. The van der Waals surface area contributed by atoms with Crippen LogP contribution in [0.1, 0.15) is 5.56 Å². The number of fused-ring (bicyclic) bond motifs is 1. The fraction of sp³-hybridized carbons (Fsp3) is 0.111. The van der Waals surface area contributed by atoms with Gasteiger partial charge in [-0.2, -0.15) is 22.8 Å². The first-order chi connectivity index (χ1) is 13.3. The van der Waals surface area contributed by atoms with Crippen molar-refractivity contribution in [2.24, 2.45) is 10.7 Å². The smallest absolute Gasteiger partial charge is 0.405 e. The van der Waals surface area contributed by atoms with Gasteiger partial charge < -0.3 is 11.1 Å². The van der Waals surface area contributed by atoms with Gasteiger partial charge in [0.05, 0.1) is 17.5 Å². The molecule has 1 amide bonds. The third-order valence-electron chi connectivity index (χ3n) is 3.84. The fourth-order valence-electron chi connectivity index (χ4n) is 2.58. The Labute approximate surface area is 157 Å². The number of anilines is 1. The van der Waals surface area contributed by atoms with E-state index in [4.69, 9.17) is 5.73 Å². The van der Waals surface area contributed by atoms with Gasteiger partial charge in [0.2, 0.25) is 0 Å². The molecule has 3 N–H and O–H groups in total. The Morgan fingerprint density at radius 1 is 1.25 bits per heavy atom. The van der Waals surface area contributed by atoms with Gasteiger partial charge in [0.15, 0.2) is 11.5 Å². The predicted octanol–water partition coefficient (Wildman–Crippen LogP) is 2.90. The summed E-state index contributed by atoms with van der Waals surface area (Å²) in [5.41, 5.74) is 4.90. The van der Waals surface area contributed by atoms with E-state index in [-0.39, 0.29) is 22.8 Å². The lowest BCUT2D eigenvalue weighted by molar-refractivity contribution is -0.137. The van der Waals surface area contributed by atoms with Crippen LogP contribution in [-0.4, -0.2) is 33.3 Å². The zero-order valence-electron chi connectivity index (χ0n) is 14.6. The van der Waals surface area contributed by atoms with Crippen LogP contribution in [0.3, 0.4) is 0 Å². The van der Waals surface area contributed by atoms with Gasteiger partial charge in [-0.25, -0.2) is 4.98 Å². The average molecular weight is 388 g/mol. The second-order valence-electron chi connectivity index (χ2n) is 5.60. The minimum absolute atomic E-state index is 0.0658. The van der Waals surface area contributed by atoms with E-state index in [0.717, 1.165) is 6.07 Å². The van der Waals surface area contributed by atoms with Gasteiger partial charge in [0.1, 0.15) is 5.71 Å². The monoisotopic (exact) mass is 388 g/mol. The van der Waals surface area contributed by atoms with Crippen LogP contribution in [0.4, 0.5) is 19.0 Å². The van der Waals surface area contributed by atoms with Crippen LogP contribution in [0.5, 0.6) is 0 Å². The van der Waals surface area contributed by atoms with Crippen molar-refractivity contribution in [3.8, 4) is 11.3 Å². The molecule has 10 heteroatoms. The number of aromatic nitrogens is 3. The number of imidazole rings is 1. The number of halogens is 3. The standard InChI is InChI=1S/C18H15F3N6O/c1-23-14(8-9-22)17(28)25-16-10-24-15-7-6-13(26-27(15)16)11-4-2-3-5-12(11)18(19,20)21/h2-10H,22H2,1H3,(H,25,28). The second-order valence-corrected chi connectivity index (χ2v) is 5.60. The number of nitrogens with one attached hydrogen (secondary N) is 1. The Balaban J connectivity index is 2.04. The van der Waals surface area contributed by atoms with Crippen molar-refractivity contribution in [1.82, 2.24) is 14.6 Å². The van der Waals surface area contributed by atoms with E-state index in [1.165, 1.54) is 60.4 Å². The molecule has 3 rings (SSSR count). The number of aliphatic imine (C=N–C) groups is 1. The van der Waals surface area contributed by atoms with Crippen LogP contribution in [0, 0.1) is 0 Å². The van der Waals surface area contributed by atoms with E-state index in [2.05, 4.69) is 20.4 Å². The van der Waals surface area contributed by atoms with Crippen LogP contribution < -0.4 is 11.1 Å². The molecule has 1 aromatic carbocycles. The highest BCUT2D eigenvalue weighted by molar-refractivity contribution is 6.47. The molecule has 0 unspecified atom stereocenters. The van der Waals surface area contributed by atoms with Gasteiger partial charge in [0.25, 0.3) is 5.91 Å². The number of hydrogen-bond acceptors (Lipinski definition) is 5. The van der Waals surface area contributed by atoms with Crippen LogP contribution in [0.25, 0.3) is 16.9 Å². The van der Waals surface area contributed by atoms with E-state index >= 15 is 0 Å². The third-order valence-corrected chi connectivity index (χ3v) is 3.84. The summed E-state index contributed by atoms with van der Waals surface area (Å²) < 4.78 is 41.2. The van der Waals surface area contributed by atoms with Gasteiger partial charge >= 0.3 is 6.18 Å². The topological polar surface area (TPSA) is 97.7 Å². The molecular formula is C18H15F3N6O. The van der Waals surface area contributed by atoms with Crippen molar-refractivity contribution in [1.29, 1.82) is 0 Å². The lowest BCUT2D eigenvalue weighted by atomic mass is 10.0. The van der Waals surface area contributed by atoms with Crippen molar-refractivity contribution in [3.05, 3.63) is 60.4 Å². The molecule has 2 aromatic heterocycles. The molecule has 0 aliphatic rings.